The van der Waals surface area contributed by atoms with Gasteiger partial charge in [-0.1, -0.05) is 12.1 Å². The quantitative estimate of drug-likeness (QED) is 0.822. The van der Waals surface area contributed by atoms with Crippen LogP contribution in [0.4, 0.5) is 13.2 Å². The van der Waals surface area contributed by atoms with E-state index in [4.69, 9.17) is 0 Å². The summed E-state index contributed by atoms with van der Waals surface area (Å²) in [5.41, 5.74) is 1.35. The fourth-order valence-electron chi connectivity index (χ4n) is 1.78. The van der Waals surface area contributed by atoms with Gasteiger partial charge in [0.2, 0.25) is 0 Å². The minimum atomic E-state index is -4.26. The smallest absolute Gasteiger partial charge is 0.273 e. The fraction of sp³-hybridized carbons (Fsp3) is 0.308. The van der Waals surface area contributed by atoms with Crippen LogP contribution in [0.15, 0.2) is 36.5 Å². The van der Waals surface area contributed by atoms with Crippen molar-refractivity contribution >= 4 is 0 Å². The Bertz CT molecular complexity index is 512. The van der Waals surface area contributed by atoms with Crippen molar-refractivity contribution in [3.8, 4) is 0 Å². The summed E-state index contributed by atoms with van der Waals surface area (Å²) in [6.07, 6.45) is -1.08. The number of halogens is 3. The maximum absolute atomic E-state index is 12.4. The van der Waals surface area contributed by atoms with Crippen molar-refractivity contribution in [2.24, 2.45) is 7.05 Å². The predicted octanol–water partition coefficient (Wildman–Crippen LogP) is 3.22. The number of rotatable bonds is 3. The lowest BCUT2D eigenvalue weighted by molar-refractivity contribution is -0.137. The number of aryl methyl sites for hydroxylation is 3. The zero-order chi connectivity index (χ0) is 13.2. The van der Waals surface area contributed by atoms with Gasteiger partial charge in [0.05, 0.1) is 5.56 Å². The molecule has 2 nitrogen and oxygen atoms in total. The van der Waals surface area contributed by atoms with Gasteiger partial charge in [-0.05, 0) is 36.6 Å². The van der Waals surface area contributed by atoms with Gasteiger partial charge in [0.15, 0.2) is 0 Å². The Balaban J connectivity index is 2.01. The van der Waals surface area contributed by atoms with Gasteiger partial charge < -0.3 is 0 Å². The lowest BCUT2D eigenvalue weighted by Crippen LogP contribution is -2.05. The average Bonchev–Trinajstić information content (AvgIpc) is 2.72. The third kappa shape index (κ3) is 2.91. The molecule has 2 aromatic rings. The molecule has 5 heteroatoms. The maximum atomic E-state index is 12.4. The summed E-state index contributed by atoms with van der Waals surface area (Å²) in [5.74, 6) is 0. The van der Waals surface area contributed by atoms with E-state index in [1.165, 1.54) is 12.1 Å². The molecular weight excluding hydrogens is 241 g/mol. The second kappa shape index (κ2) is 4.84. The summed E-state index contributed by atoms with van der Waals surface area (Å²) in [6, 6.07) is 7.21. The monoisotopic (exact) mass is 254 g/mol. The average molecular weight is 254 g/mol. The van der Waals surface area contributed by atoms with Crippen molar-refractivity contribution in [3.05, 3.63) is 53.3 Å². The van der Waals surface area contributed by atoms with Gasteiger partial charge in [0.25, 0.3) is 0 Å². The first-order valence-electron chi connectivity index (χ1n) is 5.60. The normalized spacial score (nSPS) is 11.8. The van der Waals surface area contributed by atoms with Crippen LogP contribution in [0.3, 0.4) is 0 Å². The SMILES string of the molecule is Cn1nccc1CCc1ccc(C(F)(F)F)cc1. The molecule has 0 atom stereocenters. The highest BCUT2D eigenvalue weighted by molar-refractivity contribution is 5.25. The third-order valence-electron chi connectivity index (χ3n) is 2.87. The Morgan fingerprint density at radius 3 is 2.22 bits per heavy atom. The Kier molecular flexibility index (Phi) is 3.41. The molecule has 0 spiro atoms. The highest BCUT2D eigenvalue weighted by Gasteiger charge is 2.29. The molecule has 1 aromatic heterocycles. The topological polar surface area (TPSA) is 17.8 Å². The van der Waals surface area contributed by atoms with E-state index < -0.39 is 11.7 Å². The first-order valence-corrected chi connectivity index (χ1v) is 5.60. The van der Waals surface area contributed by atoms with E-state index in [-0.39, 0.29) is 0 Å². The van der Waals surface area contributed by atoms with E-state index in [0.717, 1.165) is 29.8 Å². The second-order valence-corrected chi connectivity index (χ2v) is 4.14. The van der Waals surface area contributed by atoms with Gasteiger partial charge in [-0.15, -0.1) is 0 Å². The first kappa shape index (κ1) is 12.7. The van der Waals surface area contributed by atoms with Crippen molar-refractivity contribution in [3.63, 3.8) is 0 Å². The summed E-state index contributed by atoms with van der Waals surface area (Å²) >= 11 is 0. The molecule has 0 bridgehead atoms. The van der Waals surface area contributed by atoms with E-state index >= 15 is 0 Å². The van der Waals surface area contributed by atoms with Crippen LogP contribution < -0.4 is 0 Å². The van der Waals surface area contributed by atoms with Gasteiger partial charge >= 0.3 is 6.18 Å². The zero-order valence-electron chi connectivity index (χ0n) is 9.91. The Hall–Kier alpha value is -1.78. The summed E-state index contributed by atoms with van der Waals surface area (Å²) in [5, 5.41) is 4.04. The summed E-state index contributed by atoms with van der Waals surface area (Å²) in [7, 11) is 1.85. The molecule has 1 aromatic carbocycles. The molecule has 1 heterocycles. The lowest BCUT2D eigenvalue weighted by Gasteiger charge is -2.07. The maximum Gasteiger partial charge on any atom is 0.416 e. The molecule has 0 unspecified atom stereocenters. The number of benzene rings is 1. The molecule has 0 saturated carbocycles. The predicted molar refractivity (Wildman–Crippen MR) is 62.1 cm³/mol. The summed E-state index contributed by atoms with van der Waals surface area (Å²) in [4.78, 5) is 0. The Morgan fingerprint density at radius 1 is 1.06 bits per heavy atom. The number of nitrogens with zero attached hydrogens (tertiary/aromatic N) is 2. The summed E-state index contributed by atoms with van der Waals surface area (Å²) in [6.45, 7) is 0. The fourth-order valence-corrected chi connectivity index (χ4v) is 1.78. The lowest BCUT2D eigenvalue weighted by atomic mass is 10.1. The Labute approximate surface area is 103 Å². The van der Waals surface area contributed by atoms with Crippen molar-refractivity contribution in [1.82, 2.24) is 9.78 Å². The van der Waals surface area contributed by atoms with Crippen molar-refractivity contribution in [2.45, 2.75) is 19.0 Å². The molecule has 0 N–H and O–H groups in total. The van der Waals surface area contributed by atoms with E-state index in [2.05, 4.69) is 5.10 Å². The van der Waals surface area contributed by atoms with Gasteiger partial charge in [0, 0.05) is 18.9 Å². The minimum Gasteiger partial charge on any atom is -0.273 e. The number of alkyl halides is 3. The summed E-state index contributed by atoms with van der Waals surface area (Å²) < 4.78 is 38.9. The van der Waals surface area contributed by atoms with Crippen LogP contribution in [0.5, 0.6) is 0 Å². The molecule has 0 amide bonds. The van der Waals surface area contributed by atoms with Crippen LogP contribution in [0.1, 0.15) is 16.8 Å². The van der Waals surface area contributed by atoms with E-state index in [9.17, 15) is 13.2 Å². The van der Waals surface area contributed by atoms with Crippen LogP contribution in [0.2, 0.25) is 0 Å². The molecule has 0 radical (unpaired) electrons. The molecule has 96 valence electrons. The number of hydrogen-bond acceptors (Lipinski definition) is 1. The molecule has 18 heavy (non-hydrogen) atoms. The van der Waals surface area contributed by atoms with E-state index in [1.54, 1.807) is 10.9 Å². The zero-order valence-corrected chi connectivity index (χ0v) is 9.91. The third-order valence-corrected chi connectivity index (χ3v) is 2.87. The largest absolute Gasteiger partial charge is 0.416 e. The number of aromatic nitrogens is 2. The van der Waals surface area contributed by atoms with Crippen LogP contribution in [0.25, 0.3) is 0 Å². The molecule has 0 aliphatic carbocycles. The highest BCUT2D eigenvalue weighted by Crippen LogP contribution is 2.29. The van der Waals surface area contributed by atoms with Crippen molar-refractivity contribution in [2.75, 3.05) is 0 Å². The van der Waals surface area contributed by atoms with Crippen LogP contribution in [-0.4, -0.2) is 9.78 Å². The van der Waals surface area contributed by atoms with Crippen molar-refractivity contribution in [1.29, 1.82) is 0 Å². The molecule has 0 saturated heterocycles. The van der Waals surface area contributed by atoms with Crippen LogP contribution >= 0.6 is 0 Å². The van der Waals surface area contributed by atoms with Gasteiger partial charge in [-0.3, -0.25) is 4.68 Å². The van der Waals surface area contributed by atoms with Crippen molar-refractivity contribution < 1.29 is 13.2 Å². The van der Waals surface area contributed by atoms with E-state index in [0.29, 0.717) is 6.42 Å². The molecule has 0 aliphatic rings. The number of hydrogen-bond donors (Lipinski definition) is 0. The molecule has 0 aliphatic heterocycles. The van der Waals surface area contributed by atoms with E-state index in [1.807, 2.05) is 13.1 Å². The second-order valence-electron chi connectivity index (χ2n) is 4.14. The Morgan fingerprint density at radius 2 is 1.72 bits per heavy atom. The molecule has 0 fully saturated rings. The van der Waals surface area contributed by atoms with Crippen LogP contribution in [0, 0.1) is 0 Å². The molecular formula is C13H13F3N2. The van der Waals surface area contributed by atoms with Gasteiger partial charge in [-0.2, -0.15) is 18.3 Å². The standard InChI is InChI=1S/C13H13F3N2/c1-18-12(8-9-17-18)7-4-10-2-5-11(6-3-10)13(14,15)16/h2-3,5-6,8-9H,4,7H2,1H3. The highest BCUT2D eigenvalue weighted by atomic mass is 19.4. The minimum absolute atomic E-state index is 0.605. The molecule has 2 rings (SSSR count). The van der Waals surface area contributed by atoms with Crippen LogP contribution in [-0.2, 0) is 26.1 Å². The van der Waals surface area contributed by atoms with Gasteiger partial charge in [-0.25, -0.2) is 0 Å². The van der Waals surface area contributed by atoms with Gasteiger partial charge in [0.1, 0.15) is 0 Å². The first-order chi connectivity index (χ1) is 8.47.